The Balaban J connectivity index is 0.000000202. The zero-order valence-corrected chi connectivity index (χ0v) is 36.6. The maximum absolute atomic E-state index is 8.48. The minimum absolute atomic E-state index is 0. The van der Waals surface area contributed by atoms with E-state index in [1.54, 1.807) is 12.1 Å². The van der Waals surface area contributed by atoms with Gasteiger partial charge < -0.3 is 14.4 Å². The van der Waals surface area contributed by atoms with E-state index in [-0.39, 0.29) is 25.7 Å². The first-order chi connectivity index (χ1) is 29.1. The van der Waals surface area contributed by atoms with Crippen LogP contribution in [0.1, 0.15) is 36.4 Å². The molecule has 289 valence electrons. The van der Waals surface area contributed by atoms with Gasteiger partial charge in [0.25, 0.3) is 0 Å². The van der Waals surface area contributed by atoms with Gasteiger partial charge in [-0.05, 0) is 74.0 Å². The molecule has 3 nitrogen and oxygen atoms in total. The Labute approximate surface area is 362 Å². The third-order valence-corrected chi connectivity index (χ3v) is 12.2. The van der Waals surface area contributed by atoms with Crippen LogP contribution in [0.3, 0.4) is 0 Å². The smallest absolute Gasteiger partial charge is 0.121 e. The van der Waals surface area contributed by atoms with Gasteiger partial charge in [0.2, 0.25) is 0 Å². The maximum atomic E-state index is 8.48. The van der Waals surface area contributed by atoms with Gasteiger partial charge in [0.15, 0.2) is 0 Å². The maximum Gasteiger partial charge on any atom is 0.121 e. The van der Waals surface area contributed by atoms with Gasteiger partial charge in [-0.25, -0.2) is 0 Å². The van der Waals surface area contributed by atoms with E-state index in [9.17, 15) is 0 Å². The molecular formula is C53H46IrN2OSi-2. The molecule has 3 heterocycles. The summed E-state index contributed by atoms with van der Waals surface area (Å²) in [6, 6.07) is 57.3. The van der Waals surface area contributed by atoms with Gasteiger partial charge in [-0.3, -0.25) is 0 Å². The van der Waals surface area contributed by atoms with E-state index >= 15 is 0 Å². The molecule has 0 saturated carbocycles. The van der Waals surface area contributed by atoms with Crippen molar-refractivity contribution in [1.82, 2.24) is 9.97 Å². The SMILES string of the molecule is [2H]C([2H])([2H])c1c[c-]c(-c2cc(C([2H])(C)C)c([Si](C)(C)C)cn2)cc1.[Ir].[c-]1ccc2c(oc3cc(-c4cccc(-c5ccccc5)c4)ccc32)c1-c1cc(-c2ccccc2)ccn1. The number of pyridine rings is 2. The molecule has 9 aromatic rings. The summed E-state index contributed by atoms with van der Waals surface area (Å²) in [4.78, 5) is 9.23. The Morgan fingerprint density at radius 2 is 1.31 bits per heavy atom. The molecule has 0 amide bonds. The third kappa shape index (κ3) is 8.73. The molecule has 0 fully saturated rings. The summed E-state index contributed by atoms with van der Waals surface area (Å²) in [5.41, 5.74) is 13.1. The molecule has 0 aliphatic carbocycles. The summed E-state index contributed by atoms with van der Waals surface area (Å²) >= 11 is 0. The Morgan fingerprint density at radius 3 is 1.97 bits per heavy atom. The zero-order valence-electron chi connectivity index (χ0n) is 37.2. The number of rotatable bonds is 7. The quantitative estimate of drug-likeness (QED) is 0.118. The number of fused-ring (bicyclic) bond motifs is 3. The van der Waals surface area contributed by atoms with E-state index in [1.807, 2.05) is 56.6 Å². The van der Waals surface area contributed by atoms with Crippen molar-refractivity contribution in [2.45, 2.75) is 46.2 Å². The minimum Gasteiger partial charge on any atom is -0.501 e. The second kappa shape index (κ2) is 17.4. The summed E-state index contributed by atoms with van der Waals surface area (Å²) in [7, 11) is -1.61. The van der Waals surface area contributed by atoms with E-state index in [2.05, 4.69) is 145 Å². The van der Waals surface area contributed by atoms with E-state index in [0.717, 1.165) is 72.3 Å². The molecule has 0 bridgehead atoms. The first kappa shape index (κ1) is 35.4. The predicted molar refractivity (Wildman–Crippen MR) is 242 cm³/mol. The van der Waals surface area contributed by atoms with Crippen molar-refractivity contribution in [2.24, 2.45) is 0 Å². The van der Waals surface area contributed by atoms with Gasteiger partial charge in [-0.15, -0.1) is 53.6 Å². The van der Waals surface area contributed by atoms with Crippen molar-refractivity contribution < 1.29 is 30.0 Å². The molecule has 0 saturated heterocycles. The van der Waals surface area contributed by atoms with Gasteiger partial charge in [0.05, 0.1) is 13.7 Å². The second-order valence-corrected chi connectivity index (χ2v) is 20.5. The van der Waals surface area contributed by atoms with Gasteiger partial charge in [-0.1, -0.05) is 160 Å². The summed E-state index contributed by atoms with van der Waals surface area (Å²) in [6.45, 7) is 8.38. The van der Waals surface area contributed by atoms with Gasteiger partial charge >= 0.3 is 0 Å². The number of hydrogen-bond donors (Lipinski definition) is 0. The largest absolute Gasteiger partial charge is 0.501 e. The number of aryl methyl sites for hydroxylation is 1. The molecule has 6 aromatic carbocycles. The fourth-order valence-electron chi connectivity index (χ4n) is 7.20. The second-order valence-electron chi connectivity index (χ2n) is 15.5. The number of aromatic nitrogens is 2. The number of nitrogens with zero attached hydrogens (tertiary/aromatic N) is 2. The summed E-state index contributed by atoms with van der Waals surface area (Å²) in [6.07, 6.45) is 3.74. The molecule has 5 heteroatoms. The summed E-state index contributed by atoms with van der Waals surface area (Å²) < 4.78 is 37.3. The topological polar surface area (TPSA) is 38.9 Å². The van der Waals surface area contributed by atoms with Crippen LogP contribution in [0.15, 0.2) is 168 Å². The first-order valence-corrected chi connectivity index (χ1v) is 22.7. The van der Waals surface area contributed by atoms with Crippen LogP contribution < -0.4 is 5.19 Å². The van der Waals surface area contributed by atoms with Crippen molar-refractivity contribution in [2.75, 3.05) is 0 Å². The standard InChI is InChI=1S/C35H22NO.C18H24NSi.Ir/c1-3-9-24(10-4-1)26-13-7-14-27(21-26)28-17-18-30-31-15-8-16-32(35(31)37-34(30)23-28)33-22-29(19-20-36-33)25-11-5-2-6-12-25;1-13(2)16-11-17(15-9-7-14(3)8-10-15)19-12-18(16)20(4,5)6;/h1-15,17-23H;7-9,11-13H,1-6H3;/q2*-1;/i;3D3,13D;. The minimum atomic E-state index is -2.13. The van der Waals surface area contributed by atoms with Gasteiger partial charge in [0.1, 0.15) is 5.58 Å². The number of furan rings is 1. The average molecular weight is 951 g/mol. The molecule has 0 atom stereocenters. The van der Waals surface area contributed by atoms with Crippen molar-refractivity contribution >= 4 is 35.2 Å². The van der Waals surface area contributed by atoms with Crippen LogP contribution in [0.2, 0.25) is 19.6 Å². The molecule has 0 aliphatic rings. The van der Waals surface area contributed by atoms with Crippen LogP contribution >= 0.6 is 0 Å². The predicted octanol–water partition coefficient (Wildman–Crippen LogP) is 14.0. The molecule has 3 aromatic heterocycles. The van der Waals surface area contributed by atoms with E-state index in [0.29, 0.717) is 0 Å². The van der Waals surface area contributed by atoms with Crippen LogP contribution in [-0.2, 0) is 20.1 Å². The van der Waals surface area contributed by atoms with E-state index in [4.69, 9.17) is 9.90 Å². The van der Waals surface area contributed by atoms with Gasteiger partial charge in [0, 0.05) is 43.4 Å². The van der Waals surface area contributed by atoms with Gasteiger partial charge in [-0.2, -0.15) is 0 Å². The van der Waals surface area contributed by atoms with E-state index in [1.165, 1.54) is 22.4 Å². The molecule has 0 N–H and O–H groups in total. The number of benzene rings is 6. The zero-order chi connectivity index (χ0) is 42.9. The van der Waals surface area contributed by atoms with Crippen molar-refractivity contribution in [3.8, 4) is 55.9 Å². The van der Waals surface area contributed by atoms with Crippen LogP contribution in [0, 0.1) is 19.0 Å². The molecule has 58 heavy (non-hydrogen) atoms. The normalized spacial score (nSPS) is 12.7. The third-order valence-electron chi connectivity index (χ3n) is 10.2. The average Bonchev–Trinajstić information content (AvgIpc) is 3.65. The first-order valence-electron chi connectivity index (χ1n) is 21.2. The molecule has 0 spiro atoms. The fourth-order valence-corrected chi connectivity index (χ4v) is 8.78. The fraction of sp³-hybridized carbons (Fsp3) is 0.132. The number of hydrogen-bond acceptors (Lipinski definition) is 3. The summed E-state index contributed by atoms with van der Waals surface area (Å²) in [5.74, 6) is -0.716. The van der Waals surface area contributed by atoms with Crippen molar-refractivity contribution in [3.63, 3.8) is 0 Å². The van der Waals surface area contributed by atoms with Crippen LogP contribution in [0.25, 0.3) is 77.8 Å². The van der Waals surface area contributed by atoms with Crippen molar-refractivity contribution in [3.05, 3.63) is 187 Å². The summed E-state index contributed by atoms with van der Waals surface area (Å²) in [5, 5.41) is 3.35. The monoisotopic (exact) mass is 951 g/mol. The van der Waals surface area contributed by atoms with E-state index < -0.39 is 20.8 Å². The molecule has 0 aliphatic heterocycles. The molecule has 1 radical (unpaired) electrons. The molecule has 9 rings (SSSR count). The Kier molecular flexibility index (Phi) is 10.6. The Morgan fingerprint density at radius 1 is 0.638 bits per heavy atom. The molecular weight excluding hydrogens is 901 g/mol. The Bertz CT molecular complexity index is 2970. The van der Waals surface area contributed by atoms with Crippen LogP contribution in [0.4, 0.5) is 0 Å². The Hall–Kier alpha value is -5.71. The van der Waals surface area contributed by atoms with Crippen LogP contribution in [-0.4, -0.2) is 18.0 Å². The van der Waals surface area contributed by atoms with Crippen LogP contribution in [0.5, 0.6) is 0 Å². The molecule has 0 unspecified atom stereocenters. The van der Waals surface area contributed by atoms with Crippen molar-refractivity contribution in [1.29, 1.82) is 0 Å².